The van der Waals surface area contributed by atoms with Crippen LogP contribution < -0.4 is 5.32 Å². The van der Waals surface area contributed by atoms with Crippen molar-refractivity contribution in [2.75, 3.05) is 0 Å². The highest BCUT2D eigenvalue weighted by Gasteiger charge is 2.28. The summed E-state index contributed by atoms with van der Waals surface area (Å²) < 4.78 is 0. The quantitative estimate of drug-likeness (QED) is 0.625. The lowest BCUT2D eigenvalue weighted by Crippen LogP contribution is -2.50. The zero-order valence-corrected chi connectivity index (χ0v) is 16.9. The highest BCUT2D eigenvalue weighted by molar-refractivity contribution is 6.31. The summed E-state index contributed by atoms with van der Waals surface area (Å²) in [6.45, 7) is 2.90. The van der Waals surface area contributed by atoms with Crippen molar-refractivity contribution >= 4 is 23.5 Å². The molecule has 6 heteroatoms. The number of hydrogen-bond donors (Lipinski definition) is 2. The molecule has 3 aromatic rings. The molecule has 5 nitrogen and oxygen atoms in total. The number of pyridine rings is 1. The molecular weight excluding hydrogens is 388 g/mol. The lowest BCUT2D eigenvalue weighted by Gasteiger charge is -2.21. The minimum absolute atomic E-state index is 0.0560. The van der Waals surface area contributed by atoms with Gasteiger partial charge in [0.05, 0.1) is 12.1 Å². The molecule has 1 amide bonds. The first-order valence-corrected chi connectivity index (χ1v) is 9.49. The van der Waals surface area contributed by atoms with E-state index < -0.39 is 11.5 Å². The molecule has 0 saturated heterocycles. The Kier molecular flexibility index (Phi) is 5.99. The van der Waals surface area contributed by atoms with E-state index >= 15 is 0 Å². The van der Waals surface area contributed by atoms with E-state index in [-0.39, 0.29) is 12.3 Å². The molecular formula is C23H21ClN2O3. The van der Waals surface area contributed by atoms with Crippen LogP contribution in [0, 0.1) is 0 Å². The number of carbonyl (C=O) groups is 2. The highest BCUT2D eigenvalue weighted by Crippen LogP contribution is 2.33. The number of carboxylic acid groups (broad SMARTS) is 1. The molecule has 1 heterocycles. The van der Waals surface area contributed by atoms with Gasteiger partial charge < -0.3 is 10.4 Å². The van der Waals surface area contributed by atoms with E-state index in [4.69, 9.17) is 11.6 Å². The Bertz CT molecular complexity index is 1050. The minimum Gasteiger partial charge on any atom is -0.480 e. The molecule has 0 unspecified atom stereocenters. The van der Waals surface area contributed by atoms with Crippen LogP contribution in [0.4, 0.5) is 0 Å². The van der Waals surface area contributed by atoms with E-state index in [2.05, 4.69) is 10.3 Å². The van der Waals surface area contributed by atoms with Crippen LogP contribution >= 0.6 is 11.6 Å². The molecule has 3 rings (SSSR count). The number of rotatable bonds is 6. The number of hydrogen-bond acceptors (Lipinski definition) is 3. The lowest BCUT2D eigenvalue weighted by atomic mass is 9.96. The second-order valence-electron chi connectivity index (χ2n) is 7.26. The van der Waals surface area contributed by atoms with Gasteiger partial charge in [-0.25, -0.2) is 4.79 Å². The minimum atomic E-state index is -1.33. The van der Waals surface area contributed by atoms with Crippen molar-refractivity contribution in [3.8, 4) is 22.4 Å². The van der Waals surface area contributed by atoms with Gasteiger partial charge in [-0.15, -0.1) is 0 Å². The predicted octanol–water partition coefficient (Wildman–Crippen LogP) is 4.59. The third-order valence-corrected chi connectivity index (χ3v) is 4.75. The summed E-state index contributed by atoms with van der Waals surface area (Å²) in [6, 6.07) is 19.0. The molecule has 0 bridgehead atoms. The maximum absolute atomic E-state index is 12.3. The number of benzene rings is 2. The average Bonchev–Trinajstić information content (AvgIpc) is 2.68. The summed E-state index contributed by atoms with van der Waals surface area (Å²) in [7, 11) is 0. The van der Waals surface area contributed by atoms with Crippen LogP contribution in [0.15, 0.2) is 66.9 Å². The van der Waals surface area contributed by atoms with E-state index in [0.29, 0.717) is 10.7 Å². The van der Waals surface area contributed by atoms with Crippen molar-refractivity contribution in [3.05, 3.63) is 77.4 Å². The van der Waals surface area contributed by atoms with Crippen LogP contribution in [0.25, 0.3) is 22.4 Å². The van der Waals surface area contributed by atoms with Crippen LogP contribution in [0.5, 0.6) is 0 Å². The summed E-state index contributed by atoms with van der Waals surface area (Å²) in [6.07, 6.45) is 1.70. The Morgan fingerprint density at radius 3 is 2.45 bits per heavy atom. The number of nitrogens with zero attached hydrogens (tertiary/aromatic N) is 1. The third-order valence-electron chi connectivity index (χ3n) is 4.52. The van der Waals surface area contributed by atoms with E-state index in [1.807, 2.05) is 48.5 Å². The maximum atomic E-state index is 12.3. The standard InChI is InChI=1S/C23H21ClN2O3/c1-23(2,22(28)29)26-21(27)13-15-10-11-25-20(12-15)18-9-8-17(24)14-19(18)16-6-4-3-5-7-16/h3-12,14H,13H2,1-2H3,(H,26,27)(H,28,29). The van der Waals surface area contributed by atoms with Gasteiger partial charge in [0.25, 0.3) is 0 Å². The Morgan fingerprint density at radius 1 is 1.03 bits per heavy atom. The third kappa shape index (κ3) is 5.00. The van der Waals surface area contributed by atoms with Crippen molar-refractivity contribution < 1.29 is 14.7 Å². The Morgan fingerprint density at radius 2 is 1.76 bits per heavy atom. The smallest absolute Gasteiger partial charge is 0.328 e. The highest BCUT2D eigenvalue weighted by atomic mass is 35.5. The van der Waals surface area contributed by atoms with Gasteiger partial charge in [-0.2, -0.15) is 0 Å². The van der Waals surface area contributed by atoms with Crippen LogP contribution in [-0.2, 0) is 16.0 Å². The molecule has 0 fully saturated rings. The van der Waals surface area contributed by atoms with Gasteiger partial charge in [0.1, 0.15) is 5.54 Å². The van der Waals surface area contributed by atoms with Crippen LogP contribution in [0.1, 0.15) is 19.4 Å². The molecule has 0 atom stereocenters. The maximum Gasteiger partial charge on any atom is 0.328 e. The van der Waals surface area contributed by atoms with Crippen molar-refractivity contribution in [2.45, 2.75) is 25.8 Å². The first-order chi connectivity index (χ1) is 13.8. The fourth-order valence-corrected chi connectivity index (χ4v) is 3.13. The average molecular weight is 409 g/mol. The Hall–Kier alpha value is -3.18. The number of carbonyl (C=O) groups excluding carboxylic acids is 1. The van der Waals surface area contributed by atoms with Gasteiger partial charge in [-0.1, -0.05) is 48.0 Å². The predicted molar refractivity (Wildman–Crippen MR) is 114 cm³/mol. The van der Waals surface area contributed by atoms with E-state index in [1.165, 1.54) is 13.8 Å². The number of amides is 1. The molecule has 0 aliphatic rings. The lowest BCUT2D eigenvalue weighted by molar-refractivity contribution is -0.145. The monoisotopic (exact) mass is 408 g/mol. The summed E-state index contributed by atoms with van der Waals surface area (Å²) in [5.41, 5.74) is 2.97. The summed E-state index contributed by atoms with van der Waals surface area (Å²) >= 11 is 6.22. The zero-order valence-electron chi connectivity index (χ0n) is 16.1. The van der Waals surface area contributed by atoms with Crippen molar-refractivity contribution in [3.63, 3.8) is 0 Å². The van der Waals surface area contributed by atoms with Crippen molar-refractivity contribution in [1.29, 1.82) is 0 Å². The van der Waals surface area contributed by atoms with E-state index in [1.54, 1.807) is 18.3 Å². The SMILES string of the molecule is CC(C)(NC(=O)Cc1ccnc(-c2ccc(Cl)cc2-c2ccccc2)c1)C(=O)O. The fourth-order valence-electron chi connectivity index (χ4n) is 2.96. The summed E-state index contributed by atoms with van der Waals surface area (Å²) in [5, 5.41) is 12.3. The molecule has 0 aliphatic heterocycles. The van der Waals surface area contributed by atoms with Crippen LogP contribution in [-0.4, -0.2) is 27.5 Å². The Labute approximate surface area is 174 Å². The molecule has 0 aliphatic carbocycles. The topological polar surface area (TPSA) is 79.3 Å². The van der Waals surface area contributed by atoms with Gasteiger partial charge in [0.15, 0.2) is 0 Å². The molecule has 2 N–H and O–H groups in total. The van der Waals surface area contributed by atoms with Gasteiger partial charge in [0.2, 0.25) is 5.91 Å². The Balaban J connectivity index is 1.91. The molecule has 0 radical (unpaired) electrons. The zero-order chi connectivity index (χ0) is 21.0. The first kappa shape index (κ1) is 20.6. The number of aliphatic carboxylic acids is 1. The molecule has 0 saturated carbocycles. The van der Waals surface area contributed by atoms with Crippen molar-refractivity contribution in [1.82, 2.24) is 10.3 Å². The van der Waals surface area contributed by atoms with E-state index in [9.17, 15) is 14.7 Å². The second kappa shape index (κ2) is 8.45. The van der Waals surface area contributed by atoms with Gasteiger partial charge in [-0.05, 0) is 54.8 Å². The molecule has 2 aromatic carbocycles. The van der Waals surface area contributed by atoms with E-state index in [0.717, 1.165) is 22.3 Å². The number of carboxylic acids is 1. The number of halogens is 1. The number of aromatic nitrogens is 1. The van der Waals surface area contributed by atoms with Gasteiger partial charge in [-0.3, -0.25) is 9.78 Å². The normalized spacial score (nSPS) is 11.1. The number of nitrogens with one attached hydrogen (secondary N) is 1. The molecule has 29 heavy (non-hydrogen) atoms. The summed E-state index contributed by atoms with van der Waals surface area (Å²) in [5.74, 6) is -1.45. The van der Waals surface area contributed by atoms with Gasteiger partial charge >= 0.3 is 5.97 Å². The van der Waals surface area contributed by atoms with Crippen LogP contribution in [0.2, 0.25) is 5.02 Å². The first-order valence-electron chi connectivity index (χ1n) is 9.11. The fraction of sp³-hybridized carbons (Fsp3) is 0.174. The molecule has 148 valence electrons. The largest absolute Gasteiger partial charge is 0.480 e. The van der Waals surface area contributed by atoms with Crippen molar-refractivity contribution in [2.24, 2.45) is 0 Å². The second-order valence-corrected chi connectivity index (χ2v) is 7.70. The molecule has 0 spiro atoms. The van der Waals surface area contributed by atoms with Crippen LogP contribution in [0.3, 0.4) is 0 Å². The molecule has 1 aromatic heterocycles. The summed E-state index contributed by atoms with van der Waals surface area (Å²) in [4.78, 5) is 28.0. The van der Waals surface area contributed by atoms with Gasteiger partial charge in [0, 0.05) is 16.8 Å².